The van der Waals surface area contributed by atoms with E-state index in [1.165, 1.54) is 4.68 Å². The third kappa shape index (κ3) is 1.68. The lowest BCUT2D eigenvalue weighted by Crippen LogP contribution is -2.08. The molecule has 1 aromatic carbocycles. The van der Waals surface area contributed by atoms with Crippen LogP contribution in [0, 0.1) is 18.3 Å². The molecule has 6 heteroatoms. The van der Waals surface area contributed by atoms with Crippen LogP contribution in [0.3, 0.4) is 0 Å². The number of nitriles is 1. The second kappa shape index (κ2) is 4.07. The zero-order valence-electron chi connectivity index (χ0n) is 9.99. The molecule has 3 rings (SSSR count). The summed E-state index contributed by atoms with van der Waals surface area (Å²) < 4.78 is 6.65. The number of fused-ring (bicyclic) bond motifs is 1. The highest BCUT2D eigenvalue weighted by Crippen LogP contribution is 2.18. The van der Waals surface area contributed by atoms with Gasteiger partial charge in [-0.2, -0.15) is 15.0 Å². The van der Waals surface area contributed by atoms with Crippen molar-refractivity contribution in [2.75, 3.05) is 0 Å². The number of hydrogen-bond acceptors (Lipinski definition) is 5. The highest BCUT2D eigenvalue weighted by molar-refractivity contribution is 5.73. The molecule has 0 unspecified atom stereocenters. The third-order valence-electron chi connectivity index (χ3n) is 2.70. The van der Waals surface area contributed by atoms with Crippen molar-refractivity contribution in [2.24, 2.45) is 0 Å². The van der Waals surface area contributed by atoms with Gasteiger partial charge in [0.1, 0.15) is 6.07 Å². The summed E-state index contributed by atoms with van der Waals surface area (Å²) in [7, 11) is 0. The van der Waals surface area contributed by atoms with Crippen LogP contribution in [-0.2, 0) is 0 Å². The Labute approximate surface area is 107 Å². The summed E-state index contributed by atoms with van der Waals surface area (Å²) in [6.07, 6.45) is 0. The van der Waals surface area contributed by atoms with Gasteiger partial charge in [0, 0.05) is 0 Å². The number of benzene rings is 1. The first kappa shape index (κ1) is 11.2. The Bertz CT molecular complexity index is 856. The third-order valence-corrected chi connectivity index (χ3v) is 2.70. The van der Waals surface area contributed by atoms with Crippen LogP contribution in [0.25, 0.3) is 16.9 Å². The minimum Gasteiger partial charge on any atom is -0.400 e. The first-order valence-corrected chi connectivity index (χ1v) is 5.56. The van der Waals surface area contributed by atoms with E-state index in [1.54, 1.807) is 13.0 Å². The Morgan fingerprint density at radius 2 is 2.05 bits per heavy atom. The van der Waals surface area contributed by atoms with Gasteiger partial charge in [-0.3, -0.25) is 0 Å². The summed E-state index contributed by atoms with van der Waals surface area (Å²) in [5.74, 6) is 0. The summed E-state index contributed by atoms with van der Waals surface area (Å²) in [6, 6.07) is 11.0. The molecule has 0 radical (unpaired) electrons. The highest BCUT2D eigenvalue weighted by atomic mass is 16.4. The molecule has 0 saturated carbocycles. The van der Waals surface area contributed by atoms with Crippen molar-refractivity contribution >= 4 is 11.2 Å². The number of nitrogens with zero attached hydrogens (tertiary/aromatic N) is 4. The lowest BCUT2D eigenvalue weighted by atomic mass is 10.3. The lowest BCUT2D eigenvalue weighted by molar-refractivity contribution is 0.527. The van der Waals surface area contributed by atoms with E-state index >= 15 is 0 Å². The van der Waals surface area contributed by atoms with Crippen LogP contribution in [0.2, 0.25) is 0 Å². The molecule has 2 aromatic heterocycles. The standard InChI is InChI=1S/C13H8N4O2/c1-8-11-12(19-13(18)10(7-14)15-11)17(16-8)9-5-3-2-4-6-9/h2-6H,1H3. The molecule has 2 heterocycles. The zero-order chi connectivity index (χ0) is 13.4. The summed E-state index contributed by atoms with van der Waals surface area (Å²) in [6.45, 7) is 1.75. The van der Waals surface area contributed by atoms with Gasteiger partial charge < -0.3 is 4.42 Å². The van der Waals surface area contributed by atoms with Gasteiger partial charge in [-0.15, -0.1) is 0 Å². The Balaban J connectivity index is 2.38. The number of para-hydroxylation sites is 1. The van der Waals surface area contributed by atoms with Gasteiger partial charge in [0.05, 0.1) is 11.4 Å². The first-order valence-electron chi connectivity index (χ1n) is 5.56. The van der Waals surface area contributed by atoms with Gasteiger partial charge in [-0.05, 0) is 19.1 Å². The van der Waals surface area contributed by atoms with Crippen molar-refractivity contribution in [2.45, 2.75) is 6.92 Å². The molecular formula is C13H8N4O2. The number of hydrogen-bond donors (Lipinski definition) is 0. The smallest absolute Gasteiger partial charge is 0.374 e. The van der Waals surface area contributed by atoms with Crippen molar-refractivity contribution < 1.29 is 4.42 Å². The van der Waals surface area contributed by atoms with Crippen LogP contribution in [0.4, 0.5) is 0 Å². The molecule has 92 valence electrons. The minimum atomic E-state index is -0.757. The molecule has 0 bridgehead atoms. The average Bonchev–Trinajstić information content (AvgIpc) is 2.75. The van der Waals surface area contributed by atoms with Crippen LogP contribution in [-0.4, -0.2) is 14.8 Å². The predicted molar refractivity (Wildman–Crippen MR) is 66.9 cm³/mol. The molecule has 0 aliphatic heterocycles. The van der Waals surface area contributed by atoms with Crippen molar-refractivity contribution in [3.63, 3.8) is 0 Å². The Hall–Kier alpha value is -2.94. The molecule has 0 fully saturated rings. The molecule has 6 nitrogen and oxygen atoms in total. The van der Waals surface area contributed by atoms with Gasteiger partial charge in [0.15, 0.2) is 5.52 Å². The SMILES string of the molecule is Cc1nn(-c2ccccc2)c2oc(=O)c(C#N)nc12. The molecule has 0 atom stereocenters. The quantitative estimate of drug-likeness (QED) is 0.656. The summed E-state index contributed by atoms with van der Waals surface area (Å²) >= 11 is 0. The Morgan fingerprint density at radius 3 is 2.74 bits per heavy atom. The zero-order valence-corrected chi connectivity index (χ0v) is 9.99. The van der Waals surface area contributed by atoms with Crippen LogP contribution in [0.5, 0.6) is 0 Å². The fourth-order valence-corrected chi connectivity index (χ4v) is 1.83. The minimum absolute atomic E-state index is 0.243. The van der Waals surface area contributed by atoms with Crippen molar-refractivity contribution in [3.05, 3.63) is 52.1 Å². The van der Waals surface area contributed by atoms with Crippen LogP contribution in [0.15, 0.2) is 39.5 Å². The van der Waals surface area contributed by atoms with Crippen LogP contribution >= 0.6 is 0 Å². The van der Waals surface area contributed by atoms with Gasteiger partial charge in [0.2, 0.25) is 5.69 Å². The van der Waals surface area contributed by atoms with Crippen molar-refractivity contribution in [1.82, 2.24) is 14.8 Å². The first-order chi connectivity index (χ1) is 9.20. The van der Waals surface area contributed by atoms with E-state index in [9.17, 15) is 4.79 Å². The van der Waals surface area contributed by atoms with Gasteiger partial charge in [0.25, 0.3) is 5.71 Å². The number of rotatable bonds is 1. The molecule has 0 aliphatic rings. The monoisotopic (exact) mass is 252 g/mol. The molecule has 0 aliphatic carbocycles. The van der Waals surface area contributed by atoms with E-state index < -0.39 is 5.63 Å². The molecule has 3 aromatic rings. The molecule has 0 saturated heterocycles. The van der Waals surface area contributed by atoms with E-state index in [0.29, 0.717) is 11.2 Å². The molecular weight excluding hydrogens is 244 g/mol. The summed E-state index contributed by atoms with van der Waals surface area (Å²) in [5.41, 5.74) is 0.998. The normalized spacial score (nSPS) is 10.5. The maximum absolute atomic E-state index is 11.6. The fraction of sp³-hybridized carbons (Fsp3) is 0.0769. The number of aromatic nitrogens is 3. The maximum atomic E-state index is 11.6. The van der Waals surface area contributed by atoms with Crippen LogP contribution < -0.4 is 5.63 Å². The van der Waals surface area contributed by atoms with Gasteiger partial charge in [-0.1, -0.05) is 18.2 Å². The topological polar surface area (TPSA) is 84.7 Å². The highest BCUT2D eigenvalue weighted by Gasteiger charge is 2.16. The second-order valence-corrected chi connectivity index (χ2v) is 3.95. The number of aryl methyl sites for hydroxylation is 1. The van der Waals surface area contributed by atoms with E-state index in [1.807, 2.05) is 30.3 Å². The molecule has 0 amide bonds. The largest absolute Gasteiger partial charge is 0.400 e. The molecule has 0 N–H and O–H groups in total. The van der Waals surface area contributed by atoms with Gasteiger partial charge >= 0.3 is 5.63 Å². The van der Waals surface area contributed by atoms with E-state index in [-0.39, 0.29) is 11.4 Å². The summed E-state index contributed by atoms with van der Waals surface area (Å²) in [4.78, 5) is 15.6. The van der Waals surface area contributed by atoms with Crippen LogP contribution in [0.1, 0.15) is 11.4 Å². The second-order valence-electron chi connectivity index (χ2n) is 3.95. The Morgan fingerprint density at radius 1 is 1.32 bits per heavy atom. The summed E-state index contributed by atoms with van der Waals surface area (Å²) in [5, 5.41) is 13.1. The fourth-order valence-electron chi connectivity index (χ4n) is 1.83. The van der Waals surface area contributed by atoms with E-state index in [0.717, 1.165) is 5.69 Å². The molecule has 19 heavy (non-hydrogen) atoms. The lowest BCUT2D eigenvalue weighted by Gasteiger charge is -2.00. The average molecular weight is 252 g/mol. The maximum Gasteiger partial charge on any atom is 0.374 e. The van der Waals surface area contributed by atoms with E-state index in [4.69, 9.17) is 9.68 Å². The van der Waals surface area contributed by atoms with E-state index in [2.05, 4.69) is 10.1 Å². The van der Waals surface area contributed by atoms with Gasteiger partial charge in [-0.25, -0.2) is 9.78 Å². The predicted octanol–water partition coefficient (Wildman–Crippen LogP) is 1.55. The Kier molecular flexibility index (Phi) is 2.39. The molecule has 0 spiro atoms. The van der Waals surface area contributed by atoms with Crippen molar-refractivity contribution in [3.8, 4) is 11.8 Å². The van der Waals surface area contributed by atoms with Crippen molar-refractivity contribution in [1.29, 1.82) is 5.26 Å².